The molecule has 3 rings (SSSR count). The molecule has 0 unspecified atom stereocenters. The molecule has 0 saturated carbocycles. The van der Waals surface area contributed by atoms with Crippen molar-refractivity contribution in [1.82, 2.24) is 14.9 Å². The summed E-state index contributed by atoms with van der Waals surface area (Å²) in [6, 6.07) is 12.3. The molecule has 0 amide bonds. The Morgan fingerprint density at radius 3 is 2.50 bits per heavy atom. The molecule has 6 heteroatoms. The summed E-state index contributed by atoms with van der Waals surface area (Å²) in [4.78, 5) is 14.1. The zero-order chi connectivity index (χ0) is 18.2. The van der Waals surface area contributed by atoms with Crippen molar-refractivity contribution in [2.24, 2.45) is 0 Å². The summed E-state index contributed by atoms with van der Waals surface area (Å²) < 4.78 is 5.41. The highest BCUT2D eigenvalue weighted by Gasteiger charge is 2.12. The van der Waals surface area contributed by atoms with E-state index in [0.717, 1.165) is 75.5 Å². The van der Waals surface area contributed by atoms with Crippen LogP contribution in [0.2, 0.25) is 0 Å². The van der Waals surface area contributed by atoms with E-state index in [-0.39, 0.29) is 0 Å². The van der Waals surface area contributed by atoms with Gasteiger partial charge in [-0.2, -0.15) is 4.98 Å². The van der Waals surface area contributed by atoms with Gasteiger partial charge in [-0.1, -0.05) is 30.3 Å². The van der Waals surface area contributed by atoms with Gasteiger partial charge in [0.15, 0.2) is 0 Å². The van der Waals surface area contributed by atoms with Gasteiger partial charge in [-0.15, -0.1) is 0 Å². The Kier molecular flexibility index (Phi) is 6.80. The fourth-order valence-corrected chi connectivity index (χ4v) is 3.10. The van der Waals surface area contributed by atoms with Crippen LogP contribution in [0.15, 0.2) is 36.4 Å². The molecule has 1 aliphatic rings. The van der Waals surface area contributed by atoms with Gasteiger partial charge >= 0.3 is 0 Å². The normalized spacial score (nSPS) is 15.0. The summed E-state index contributed by atoms with van der Waals surface area (Å²) in [5, 5.41) is 3.49. The average Bonchev–Trinajstić information content (AvgIpc) is 2.70. The predicted molar refractivity (Wildman–Crippen MR) is 107 cm³/mol. The zero-order valence-corrected chi connectivity index (χ0v) is 15.8. The molecular weight excluding hydrogens is 326 g/mol. The van der Waals surface area contributed by atoms with Crippen LogP contribution in [0.4, 0.5) is 11.8 Å². The number of hydrogen-bond donors (Lipinski definition) is 1. The molecule has 0 atom stereocenters. The van der Waals surface area contributed by atoms with Crippen molar-refractivity contribution in [3.63, 3.8) is 0 Å². The Balaban J connectivity index is 1.75. The number of benzene rings is 1. The molecule has 0 radical (unpaired) electrons. The summed E-state index contributed by atoms with van der Waals surface area (Å²) in [7, 11) is 0. The minimum atomic E-state index is 0.783. The third-order valence-corrected chi connectivity index (χ3v) is 4.67. The number of aromatic nitrogens is 2. The molecule has 0 spiro atoms. The van der Waals surface area contributed by atoms with Gasteiger partial charge in [0.2, 0.25) is 5.95 Å². The van der Waals surface area contributed by atoms with E-state index in [2.05, 4.69) is 41.1 Å². The highest BCUT2D eigenvalue weighted by molar-refractivity contribution is 5.64. The van der Waals surface area contributed by atoms with Crippen LogP contribution in [0.3, 0.4) is 0 Å². The number of nitrogens with zero attached hydrogens (tertiary/aromatic N) is 4. The zero-order valence-electron chi connectivity index (χ0n) is 15.8. The largest absolute Gasteiger partial charge is 0.379 e. The maximum atomic E-state index is 5.41. The lowest BCUT2D eigenvalue weighted by atomic mass is 10.1. The summed E-state index contributed by atoms with van der Waals surface area (Å²) >= 11 is 0. The van der Waals surface area contributed by atoms with E-state index in [1.165, 1.54) is 0 Å². The lowest BCUT2D eigenvalue weighted by Crippen LogP contribution is -2.39. The van der Waals surface area contributed by atoms with Gasteiger partial charge in [0.05, 0.1) is 18.9 Å². The lowest BCUT2D eigenvalue weighted by molar-refractivity contribution is 0.0398. The van der Waals surface area contributed by atoms with Crippen LogP contribution in [0.25, 0.3) is 11.3 Å². The Labute approximate surface area is 156 Å². The number of anilines is 2. The van der Waals surface area contributed by atoms with E-state index >= 15 is 0 Å². The second-order valence-corrected chi connectivity index (χ2v) is 6.36. The first-order valence-electron chi connectivity index (χ1n) is 9.53. The third-order valence-electron chi connectivity index (χ3n) is 4.67. The molecule has 1 aliphatic heterocycles. The maximum Gasteiger partial charge on any atom is 0.227 e. The first kappa shape index (κ1) is 18.6. The number of nitrogens with one attached hydrogen (secondary N) is 1. The molecular formula is C20H29N5O. The van der Waals surface area contributed by atoms with E-state index in [0.29, 0.717) is 0 Å². The predicted octanol–water partition coefficient (Wildman–Crippen LogP) is 2.73. The molecule has 0 aliphatic carbocycles. The molecule has 2 heterocycles. The van der Waals surface area contributed by atoms with Gasteiger partial charge in [-0.25, -0.2) is 4.98 Å². The molecule has 0 bridgehead atoms. The fraction of sp³-hybridized carbons (Fsp3) is 0.500. The second-order valence-electron chi connectivity index (χ2n) is 6.36. The number of morpholine rings is 1. The van der Waals surface area contributed by atoms with Crippen LogP contribution in [0.1, 0.15) is 13.8 Å². The van der Waals surface area contributed by atoms with Crippen molar-refractivity contribution in [2.45, 2.75) is 13.8 Å². The Bertz CT molecular complexity index is 669. The van der Waals surface area contributed by atoms with E-state index < -0.39 is 0 Å². The van der Waals surface area contributed by atoms with Crippen LogP contribution in [0.5, 0.6) is 0 Å². The maximum absolute atomic E-state index is 5.41. The van der Waals surface area contributed by atoms with Crippen molar-refractivity contribution in [2.75, 3.05) is 62.7 Å². The van der Waals surface area contributed by atoms with Crippen LogP contribution in [-0.2, 0) is 4.74 Å². The molecule has 1 fully saturated rings. The van der Waals surface area contributed by atoms with E-state index in [1.807, 2.05) is 24.3 Å². The molecule has 1 saturated heterocycles. The third kappa shape index (κ3) is 4.93. The van der Waals surface area contributed by atoms with Crippen LogP contribution >= 0.6 is 0 Å². The molecule has 1 aromatic carbocycles. The van der Waals surface area contributed by atoms with Gasteiger partial charge in [0, 0.05) is 50.9 Å². The van der Waals surface area contributed by atoms with Crippen molar-refractivity contribution < 1.29 is 4.74 Å². The first-order chi connectivity index (χ1) is 12.8. The molecule has 1 N–H and O–H groups in total. The molecule has 140 valence electrons. The lowest BCUT2D eigenvalue weighted by Gasteiger charge is -2.26. The van der Waals surface area contributed by atoms with Gasteiger partial charge < -0.3 is 15.0 Å². The van der Waals surface area contributed by atoms with Gasteiger partial charge in [0.25, 0.3) is 0 Å². The highest BCUT2D eigenvalue weighted by atomic mass is 16.5. The van der Waals surface area contributed by atoms with Gasteiger partial charge in [-0.05, 0) is 13.8 Å². The monoisotopic (exact) mass is 355 g/mol. The van der Waals surface area contributed by atoms with E-state index in [1.54, 1.807) is 0 Å². The summed E-state index contributed by atoms with van der Waals surface area (Å²) in [6.45, 7) is 11.6. The topological polar surface area (TPSA) is 53.5 Å². The Morgan fingerprint density at radius 2 is 1.81 bits per heavy atom. The highest BCUT2D eigenvalue weighted by Crippen LogP contribution is 2.22. The minimum Gasteiger partial charge on any atom is -0.379 e. The second kappa shape index (κ2) is 9.50. The molecule has 6 nitrogen and oxygen atoms in total. The van der Waals surface area contributed by atoms with Crippen LogP contribution in [0, 0.1) is 0 Å². The number of ether oxygens (including phenoxy) is 1. The number of hydrogen-bond acceptors (Lipinski definition) is 6. The summed E-state index contributed by atoms with van der Waals surface area (Å²) in [5.74, 6) is 1.67. The quantitative estimate of drug-likeness (QED) is 0.786. The Hall–Kier alpha value is -2.18. The average molecular weight is 355 g/mol. The SMILES string of the molecule is CCN(CC)c1nc(NCCN2CCOCC2)cc(-c2ccccc2)n1. The van der Waals surface area contributed by atoms with Crippen molar-refractivity contribution >= 4 is 11.8 Å². The van der Waals surface area contributed by atoms with E-state index in [4.69, 9.17) is 14.7 Å². The van der Waals surface area contributed by atoms with Crippen LogP contribution in [-0.4, -0.2) is 67.4 Å². The molecule has 1 aromatic heterocycles. The van der Waals surface area contributed by atoms with Crippen molar-refractivity contribution in [3.8, 4) is 11.3 Å². The first-order valence-corrected chi connectivity index (χ1v) is 9.53. The summed E-state index contributed by atoms with van der Waals surface area (Å²) in [5.41, 5.74) is 2.07. The number of rotatable bonds is 8. The van der Waals surface area contributed by atoms with Gasteiger partial charge in [-0.3, -0.25) is 4.90 Å². The fourth-order valence-electron chi connectivity index (χ4n) is 3.10. The smallest absolute Gasteiger partial charge is 0.227 e. The van der Waals surface area contributed by atoms with Gasteiger partial charge in [0.1, 0.15) is 5.82 Å². The minimum absolute atomic E-state index is 0.783. The van der Waals surface area contributed by atoms with Crippen molar-refractivity contribution in [1.29, 1.82) is 0 Å². The standard InChI is InChI=1S/C20H29N5O/c1-3-25(4-2)20-22-18(17-8-6-5-7-9-17)16-19(23-20)21-10-11-24-12-14-26-15-13-24/h5-9,16H,3-4,10-15H2,1-2H3,(H,21,22,23). The summed E-state index contributed by atoms with van der Waals surface area (Å²) in [6.07, 6.45) is 0. The molecule has 2 aromatic rings. The molecule has 26 heavy (non-hydrogen) atoms. The van der Waals surface area contributed by atoms with Crippen molar-refractivity contribution in [3.05, 3.63) is 36.4 Å². The van der Waals surface area contributed by atoms with Crippen LogP contribution < -0.4 is 10.2 Å². The Morgan fingerprint density at radius 1 is 1.08 bits per heavy atom. The van der Waals surface area contributed by atoms with E-state index in [9.17, 15) is 0 Å².